The van der Waals surface area contributed by atoms with Crippen LogP contribution < -0.4 is 27.4 Å². The van der Waals surface area contributed by atoms with Crippen molar-refractivity contribution in [2.45, 2.75) is 37.4 Å². The van der Waals surface area contributed by atoms with Gasteiger partial charge in [0.25, 0.3) is 0 Å². The molecule has 3 unspecified atom stereocenters. The Hall–Kier alpha value is -4.00. The minimum absolute atomic E-state index is 0.0131. The Morgan fingerprint density at radius 3 is 2.03 bits per heavy atom. The van der Waals surface area contributed by atoms with E-state index in [1.165, 1.54) is 0 Å². The number of hydrogen-bond acceptors (Lipinski definition) is 7. The Labute approximate surface area is 182 Å². The average Bonchev–Trinajstić information content (AvgIpc) is 2.70. The SMILES string of the molecule is NC(=O)CC(NC(=O)CNC(=O)C(Cc1ccccc1)NC(=O)C(N)CC(=O)O)C(=O)O. The normalized spacial score (nSPS) is 13.2. The number of amides is 4. The van der Waals surface area contributed by atoms with E-state index < -0.39 is 73.1 Å². The number of primary amides is 1. The highest BCUT2D eigenvalue weighted by molar-refractivity contribution is 5.94. The monoisotopic (exact) mass is 451 g/mol. The average molecular weight is 451 g/mol. The maximum atomic E-state index is 12.6. The molecule has 174 valence electrons. The molecule has 0 saturated heterocycles. The van der Waals surface area contributed by atoms with Crippen LogP contribution in [0.2, 0.25) is 0 Å². The molecule has 0 aromatic heterocycles. The Kier molecular flexibility index (Phi) is 10.3. The lowest BCUT2D eigenvalue weighted by atomic mass is 10.0. The summed E-state index contributed by atoms with van der Waals surface area (Å²) < 4.78 is 0. The molecule has 13 heteroatoms. The van der Waals surface area contributed by atoms with E-state index in [0.29, 0.717) is 5.56 Å². The van der Waals surface area contributed by atoms with Gasteiger partial charge in [-0.25, -0.2) is 4.79 Å². The van der Waals surface area contributed by atoms with Crippen molar-refractivity contribution in [3.8, 4) is 0 Å². The molecule has 0 heterocycles. The third-order valence-electron chi connectivity index (χ3n) is 4.11. The molecule has 4 amide bonds. The summed E-state index contributed by atoms with van der Waals surface area (Å²) in [5.41, 5.74) is 11.1. The third kappa shape index (κ3) is 9.67. The van der Waals surface area contributed by atoms with Crippen molar-refractivity contribution in [1.82, 2.24) is 16.0 Å². The number of hydrogen-bond donors (Lipinski definition) is 7. The Balaban J connectivity index is 2.80. The summed E-state index contributed by atoms with van der Waals surface area (Å²) in [5.74, 6) is -6.28. The predicted octanol–water partition coefficient (Wildman–Crippen LogP) is -2.92. The van der Waals surface area contributed by atoms with E-state index in [1.807, 2.05) is 5.32 Å². The van der Waals surface area contributed by atoms with Gasteiger partial charge in [-0.05, 0) is 5.56 Å². The number of nitrogens with two attached hydrogens (primary N) is 2. The zero-order valence-corrected chi connectivity index (χ0v) is 16.9. The molecule has 32 heavy (non-hydrogen) atoms. The van der Waals surface area contributed by atoms with Gasteiger partial charge in [0.1, 0.15) is 12.1 Å². The number of carboxylic acid groups (broad SMARTS) is 2. The van der Waals surface area contributed by atoms with E-state index in [9.17, 15) is 28.8 Å². The second-order valence-corrected chi connectivity index (χ2v) is 6.80. The summed E-state index contributed by atoms with van der Waals surface area (Å²) in [6.45, 7) is -0.649. The number of carbonyl (C=O) groups excluding carboxylic acids is 4. The smallest absolute Gasteiger partial charge is 0.326 e. The van der Waals surface area contributed by atoms with Crippen molar-refractivity contribution in [2.75, 3.05) is 6.54 Å². The van der Waals surface area contributed by atoms with E-state index in [0.717, 1.165) is 0 Å². The van der Waals surface area contributed by atoms with Crippen LogP contribution in [0.15, 0.2) is 30.3 Å². The molecule has 0 fully saturated rings. The number of aliphatic carboxylic acids is 2. The molecule has 1 aromatic rings. The quantitative estimate of drug-likeness (QED) is 0.162. The van der Waals surface area contributed by atoms with Gasteiger partial charge in [0.05, 0.1) is 25.4 Å². The Bertz CT molecular complexity index is 861. The summed E-state index contributed by atoms with van der Waals surface area (Å²) >= 11 is 0. The molecule has 9 N–H and O–H groups in total. The minimum Gasteiger partial charge on any atom is -0.481 e. The lowest BCUT2D eigenvalue weighted by Crippen LogP contribution is -2.54. The molecule has 0 saturated carbocycles. The first-order valence-corrected chi connectivity index (χ1v) is 9.39. The Morgan fingerprint density at radius 1 is 0.875 bits per heavy atom. The molecule has 0 spiro atoms. The fourth-order valence-corrected chi connectivity index (χ4v) is 2.56. The largest absolute Gasteiger partial charge is 0.481 e. The molecule has 3 atom stereocenters. The van der Waals surface area contributed by atoms with Crippen LogP contribution in [-0.4, -0.2) is 70.5 Å². The van der Waals surface area contributed by atoms with Gasteiger partial charge in [0, 0.05) is 6.42 Å². The molecule has 0 aliphatic carbocycles. The van der Waals surface area contributed by atoms with Crippen LogP contribution >= 0.6 is 0 Å². The van der Waals surface area contributed by atoms with Gasteiger partial charge in [-0.1, -0.05) is 30.3 Å². The van der Waals surface area contributed by atoms with Crippen LogP contribution in [0.3, 0.4) is 0 Å². The fourth-order valence-electron chi connectivity index (χ4n) is 2.56. The highest BCUT2D eigenvalue weighted by Crippen LogP contribution is 2.04. The van der Waals surface area contributed by atoms with Crippen molar-refractivity contribution in [3.63, 3.8) is 0 Å². The van der Waals surface area contributed by atoms with E-state index in [1.54, 1.807) is 30.3 Å². The summed E-state index contributed by atoms with van der Waals surface area (Å²) in [4.78, 5) is 69.4. The van der Waals surface area contributed by atoms with Crippen molar-refractivity contribution < 1.29 is 39.0 Å². The molecule has 0 aliphatic heterocycles. The first-order chi connectivity index (χ1) is 15.0. The van der Waals surface area contributed by atoms with Gasteiger partial charge < -0.3 is 37.6 Å². The minimum atomic E-state index is -1.56. The summed E-state index contributed by atoms with van der Waals surface area (Å²) in [6.07, 6.45) is -1.27. The van der Waals surface area contributed by atoms with Gasteiger partial charge in [-0.2, -0.15) is 0 Å². The number of rotatable bonds is 13. The maximum absolute atomic E-state index is 12.6. The lowest BCUT2D eigenvalue weighted by Gasteiger charge is -2.21. The maximum Gasteiger partial charge on any atom is 0.326 e. The summed E-state index contributed by atoms with van der Waals surface area (Å²) in [5, 5.41) is 24.4. The molecule has 0 aliphatic rings. The predicted molar refractivity (Wildman–Crippen MR) is 109 cm³/mol. The van der Waals surface area contributed by atoms with Crippen LogP contribution in [0, 0.1) is 0 Å². The summed E-state index contributed by atoms with van der Waals surface area (Å²) in [7, 11) is 0. The summed E-state index contributed by atoms with van der Waals surface area (Å²) in [6, 6.07) is 4.39. The molecular weight excluding hydrogens is 426 g/mol. The van der Waals surface area contributed by atoms with Gasteiger partial charge in [0.15, 0.2) is 0 Å². The number of carboxylic acids is 2. The first-order valence-electron chi connectivity index (χ1n) is 9.39. The first kappa shape index (κ1) is 26.0. The van der Waals surface area contributed by atoms with E-state index in [-0.39, 0.29) is 6.42 Å². The van der Waals surface area contributed by atoms with Crippen molar-refractivity contribution in [2.24, 2.45) is 11.5 Å². The number of nitrogens with one attached hydrogen (secondary N) is 3. The topological polar surface area (TPSA) is 231 Å². The van der Waals surface area contributed by atoms with Crippen LogP contribution in [-0.2, 0) is 35.2 Å². The highest BCUT2D eigenvalue weighted by Gasteiger charge is 2.26. The molecular formula is C19H25N5O8. The van der Waals surface area contributed by atoms with Crippen LogP contribution in [0.1, 0.15) is 18.4 Å². The third-order valence-corrected chi connectivity index (χ3v) is 4.11. The van der Waals surface area contributed by atoms with Crippen molar-refractivity contribution >= 4 is 35.6 Å². The van der Waals surface area contributed by atoms with Gasteiger partial charge in [-0.15, -0.1) is 0 Å². The molecule has 0 radical (unpaired) electrons. The van der Waals surface area contributed by atoms with Crippen LogP contribution in [0.25, 0.3) is 0 Å². The zero-order valence-electron chi connectivity index (χ0n) is 16.9. The molecule has 0 bridgehead atoms. The molecule has 1 aromatic carbocycles. The second-order valence-electron chi connectivity index (χ2n) is 6.80. The van der Waals surface area contributed by atoms with E-state index >= 15 is 0 Å². The van der Waals surface area contributed by atoms with Crippen molar-refractivity contribution in [1.29, 1.82) is 0 Å². The lowest BCUT2D eigenvalue weighted by molar-refractivity contribution is -0.143. The van der Waals surface area contributed by atoms with E-state index in [4.69, 9.17) is 21.7 Å². The van der Waals surface area contributed by atoms with E-state index in [2.05, 4.69) is 10.6 Å². The fraction of sp³-hybridized carbons (Fsp3) is 0.368. The van der Waals surface area contributed by atoms with Gasteiger partial charge in [0.2, 0.25) is 23.6 Å². The molecule has 1 rings (SSSR count). The second kappa shape index (κ2) is 12.6. The number of carbonyl (C=O) groups is 6. The molecule has 13 nitrogen and oxygen atoms in total. The number of benzene rings is 1. The van der Waals surface area contributed by atoms with Crippen molar-refractivity contribution in [3.05, 3.63) is 35.9 Å². The van der Waals surface area contributed by atoms with Crippen LogP contribution in [0.4, 0.5) is 0 Å². The van der Waals surface area contributed by atoms with Gasteiger partial charge >= 0.3 is 11.9 Å². The van der Waals surface area contributed by atoms with Gasteiger partial charge in [-0.3, -0.25) is 24.0 Å². The van der Waals surface area contributed by atoms with Crippen LogP contribution in [0.5, 0.6) is 0 Å². The zero-order chi connectivity index (χ0) is 24.3. The Morgan fingerprint density at radius 2 is 1.50 bits per heavy atom. The standard InChI is InChI=1S/C19H25N5O8/c20-11(7-16(27)28)17(29)24-12(6-10-4-2-1-3-5-10)18(30)22-9-15(26)23-13(19(31)32)8-14(21)25/h1-5,11-13H,6-9,20H2,(H2,21,25)(H,22,30)(H,23,26)(H,24,29)(H,27,28)(H,31,32). The highest BCUT2D eigenvalue weighted by atomic mass is 16.4.